The summed E-state index contributed by atoms with van der Waals surface area (Å²) in [6, 6.07) is 11.6. The smallest absolute Gasteiger partial charge is 0.0166 e. The summed E-state index contributed by atoms with van der Waals surface area (Å²) in [5.41, 5.74) is 1.47. The first kappa shape index (κ1) is 12.0. The number of unbranched alkanes of at least 4 members (excludes halogenated alkanes) is 1. The molecule has 0 saturated carbocycles. The Morgan fingerprint density at radius 1 is 1.19 bits per heavy atom. The predicted octanol–water partition coefficient (Wildman–Crippen LogP) is 3.10. The van der Waals surface area contributed by atoms with Crippen LogP contribution in [0.15, 0.2) is 30.3 Å². The van der Waals surface area contributed by atoms with Gasteiger partial charge in [-0.1, -0.05) is 30.3 Å². The van der Waals surface area contributed by atoms with E-state index in [9.17, 15) is 0 Å². The summed E-state index contributed by atoms with van der Waals surface area (Å²) in [7, 11) is 0. The molecule has 1 unspecified atom stereocenters. The largest absolute Gasteiger partial charge is 0.313 e. The minimum absolute atomic E-state index is 0.793. The molecule has 1 aliphatic rings. The van der Waals surface area contributed by atoms with Gasteiger partial charge in [0.15, 0.2) is 0 Å². The second kappa shape index (κ2) is 6.97. The fourth-order valence-corrected chi connectivity index (χ4v) is 3.29. The quantitative estimate of drug-likeness (QED) is 0.760. The summed E-state index contributed by atoms with van der Waals surface area (Å²) in [4.78, 5) is 0. The molecule has 0 spiro atoms. The van der Waals surface area contributed by atoms with E-state index in [1.54, 1.807) is 0 Å². The van der Waals surface area contributed by atoms with Crippen LogP contribution in [-0.2, 0) is 6.42 Å². The number of thioether (sulfide) groups is 1. The van der Waals surface area contributed by atoms with Crippen molar-refractivity contribution in [3.8, 4) is 0 Å². The highest BCUT2D eigenvalue weighted by atomic mass is 32.2. The van der Waals surface area contributed by atoms with Crippen LogP contribution in [0.1, 0.15) is 24.8 Å². The van der Waals surface area contributed by atoms with E-state index >= 15 is 0 Å². The van der Waals surface area contributed by atoms with Crippen molar-refractivity contribution in [1.82, 2.24) is 5.32 Å². The molecule has 16 heavy (non-hydrogen) atoms. The van der Waals surface area contributed by atoms with Crippen LogP contribution in [-0.4, -0.2) is 24.1 Å². The maximum atomic E-state index is 3.65. The lowest BCUT2D eigenvalue weighted by molar-refractivity contribution is 0.535. The normalized spacial score (nSPS) is 20.1. The van der Waals surface area contributed by atoms with E-state index in [0.717, 1.165) is 6.04 Å². The van der Waals surface area contributed by atoms with E-state index in [-0.39, 0.29) is 0 Å². The fraction of sp³-hybridized carbons (Fsp3) is 0.571. The summed E-state index contributed by atoms with van der Waals surface area (Å²) in [6.45, 7) is 1.19. The minimum atomic E-state index is 0.793. The van der Waals surface area contributed by atoms with E-state index in [2.05, 4.69) is 47.4 Å². The van der Waals surface area contributed by atoms with Gasteiger partial charge in [0.05, 0.1) is 0 Å². The number of benzene rings is 1. The molecule has 1 heterocycles. The van der Waals surface area contributed by atoms with Gasteiger partial charge >= 0.3 is 0 Å². The number of hydrogen-bond donors (Lipinski definition) is 1. The van der Waals surface area contributed by atoms with Crippen LogP contribution < -0.4 is 5.32 Å². The van der Waals surface area contributed by atoms with Gasteiger partial charge in [-0.25, -0.2) is 0 Å². The Morgan fingerprint density at radius 2 is 2.06 bits per heavy atom. The van der Waals surface area contributed by atoms with Crippen LogP contribution >= 0.6 is 11.8 Å². The molecule has 2 rings (SSSR count). The third kappa shape index (κ3) is 4.18. The predicted molar refractivity (Wildman–Crippen MR) is 73.1 cm³/mol. The van der Waals surface area contributed by atoms with Crippen molar-refractivity contribution in [2.75, 3.05) is 18.1 Å². The Kier molecular flexibility index (Phi) is 5.23. The summed E-state index contributed by atoms with van der Waals surface area (Å²) < 4.78 is 0. The molecule has 1 aromatic rings. The molecule has 0 radical (unpaired) electrons. The Balaban J connectivity index is 1.52. The molecule has 1 fully saturated rings. The molecule has 0 amide bonds. The zero-order valence-corrected chi connectivity index (χ0v) is 10.6. The molecule has 0 aliphatic carbocycles. The standard InChI is InChI=1S/C14H21NS/c1-2-6-13(7-3-1)8-4-5-10-15-14-9-11-16-12-14/h1-3,6-7,14-15H,4-5,8-12H2. The molecule has 2 heteroatoms. The highest BCUT2D eigenvalue weighted by molar-refractivity contribution is 7.99. The molecule has 1 nitrogen and oxygen atoms in total. The van der Waals surface area contributed by atoms with Crippen molar-refractivity contribution in [3.63, 3.8) is 0 Å². The Bertz CT molecular complexity index is 280. The first-order chi connectivity index (χ1) is 7.95. The van der Waals surface area contributed by atoms with Crippen LogP contribution in [0.3, 0.4) is 0 Å². The number of nitrogens with one attached hydrogen (secondary N) is 1. The monoisotopic (exact) mass is 235 g/mol. The summed E-state index contributed by atoms with van der Waals surface area (Å²) in [6.07, 6.45) is 5.19. The van der Waals surface area contributed by atoms with E-state index in [0.29, 0.717) is 0 Å². The molecule has 1 N–H and O–H groups in total. The van der Waals surface area contributed by atoms with E-state index in [4.69, 9.17) is 0 Å². The first-order valence-corrected chi connectivity index (χ1v) is 7.46. The fourth-order valence-electron chi connectivity index (χ4n) is 2.10. The molecule has 1 aromatic carbocycles. The Hall–Kier alpha value is -0.470. The molecule has 1 atom stereocenters. The highest BCUT2D eigenvalue weighted by Gasteiger charge is 2.13. The van der Waals surface area contributed by atoms with E-state index < -0.39 is 0 Å². The van der Waals surface area contributed by atoms with Crippen LogP contribution in [0.25, 0.3) is 0 Å². The molecular formula is C14H21NS. The van der Waals surface area contributed by atoms with Gasteiger partial charge in [0, 0.05) is 11.8 Å². The van der Waals surface area contributed by atoms with Gasteiger partial charge in [-0.2, -0.15) is 11.8 Å². The second-order valence-electron chi connectivity index (χ2n) is 4.46. The first-order valence-electron chi connectivity index (χ1n) is 6.30. The maximum Gasteiger partial charge on any atom is 0.0166 e. The van der Waals surface area contributed by atoms with Crippen molar-refractivity contribution in [2.24, 2.45) is 0 Å². The number of rotatable bonds is 6. The third-order valence-corrected chi connectivity index (χ3v) is 4.26. The Morgan fingerprint density at radius 3 is 2.81 bits per heavy atom. The van der Waals surface area contributed by atoms with Crippen molar-refractivity contribution >= 4 is 11.8 Å². The SMILES string of the molecule is c1ccc(CCCCNC2CCSC2)cc1. The molecule has 88 valence electrons. The molecule has 0 aromatic heterocycles. The zero-order valence-electron chi connectivity index (χ0n) is 9.82. The van der Waals surface area contributed by atoms with Gasteiger partial charge in [0.25, 0.3) is 0 Å². The third-order valence-electron chi connectivity index (χ3n) is 3.10. The van der Waals surface area contributed by atoms with Crippen LogP contribution in [0.5, 0.6) is 0 Å². The van der Waals surface area contributed by atoms with Gasteiger partial charge in [0.2, 0.25) is 0 Å². The van der Waals surface area contributed by atoms with E-state index in [1.165, 1.54) is 49.3 Å². The average Bonchev–Trinajstić information content (AvgIpc) is 2.83. The van der Waals surface area contributed by atoms with Crippen molar-refractivity contribution in [3.05, 3.63) is 35.9 Å². The van der Waals surface area contributed by atoms with Gasteiger partial charge < -0.3 is 5.32 Å². The summed E-state index contributed by atoms with van der Waals surface area (Å²) >= 11 is 2.08. The van der Waals surface area contributed by atoms with Crippen LogP contribution in [0, 0.1) is 0 Å². The van der Waals surface area contributed by atoms with Crippen molar-refractivity contribution in [2.45, 2.75) is 31.7 Å². The number of aryl methyl sites for hydroxylation is 1. The lowest BCUT2D eigenvalue weighted by Crippen LogP contribution is -2.29. The lowest BCUT2D eigenvalue weighted by atomic mass is 10.1. The topological polar surface area (TPSA) is 12.0 Å². The minimum Gasteiger partial charge on any atom is -0.313 e. The molecule has 1 aliphatic heterocycles. The van der Waals surface area contributed by atoms with Crippen molar-refractivity contribution in [1.29, 1.82) is 0 Å². The number of hydrogen-bond acceptors (Lipinski definition) is 2. The van der Waals surface area contributed by atoms with Gasteiger partial charge in [-0.3, -0.25) is 0 Å². The molecule has 1 saturated heterocycles. The summed E-state index contributed by atoms with van der Waals surface area (Å²) in [5.74, 6) is 2.67. The maximum absolute atomic E-state index is 3.65. The Labute approximate surface area is 103 Å². The second-order valence-corrected chi connectivity index (χ2v) is 5.61. The van der Waals surface area contributed by atoms with Gasteiger partial charge in [-0.05, 0) is 43.5 Å². The van der Waals surface area contributed by atoms with E-state index in [1.807, 2.05) is 0 Å². The van der Waals surface area contributed by atoms with Crippen molar-refractivity contribution < 1.29 is 0 Å². The summed E-state index contributed by atoms with van der Waals surface area (Å²) in [5, 5.41) is 3.65. The zero-order chi connectivity index (χ0) is 11.1. The molecular weight excluding hydrogens is 214 g/mol. The van der Waals surface area contributed by atoms with Gasteiger partial charge in [-0.15, -0.1) is 0 Å². The van der Waals surface area contributed by atoms with Crippen LogP contribution in [0.2, 0.25) is 0 Å². The molecule has 0 bridgehead atoms. The van der Waals surface area contributed by atoms with Gasteiger partial charge in [0.1, 0.15) is 0 Å². The lowest BCUT2D eigenvalue weighted by Gasteiger charge is -2.10. The average molecular weight is 235 g/mol. The van der Waals surface area contributed by atoms with Crippen LogP contribution in [0.4, 0.5) is 0 Å². The highest BCUT2D eigenvalue weighted by Crippen LogP contribution is 2.16.